The minimum absolute atomic E-state index is 0.207. The van der Waals surface area contributed by atoms with Crippen LogP contribution >= 0.6 is 23.2 Å². The maximum atomic E-state index is 12.7. The summed E-state index contributed by atoms with van der Waals surface area (Å²) in [6, 6.07) is 5.64. The molecule has 0 N–H and O–H groups in total. The first-order valence-corrected chi connectivity index (χ1v) is 7.23. The van der Waals surface area contributed by atoms with Crippen LogP contribution in [0, 0.1) is 0 Å². The first kappa shape index (κ1) is 19.6. The van der Waals surface area contributed by atoms with Crippen LogP contribution in [0.2, 0.25) is 10.0 Å². The predicted octanol–water partition coefficient (Wildman–Crippen LogP) is 5.76. The van der Waals surface area contributed by atoms with Crippen molar-refractivity contribution in [1.29, 1.82) is 0 Å². The Bertz CT molecular complexity index is 700. The SMILES string of the molecule is FC(F)(F)c1cc(OBOc2ccc(Cl)c(C(F)(F)F)c2)ccc1Cl. The topological polar surface area (TPSA) is 18.5 Å². The van der Waals surface area contributed by atoms with Gasteiger partial charge in [-0.25, -0.2) is 0 Å². The summed E-state index contributed by atoms with van der Waals surface area (Å²) in [5.41, 5.74) is -2.20. The van der Waals surface area contributed by atoms with Crippen molar-refractivity contribution in [2.24, 2.45) is 0 Å². The van der Waals surface area contributed by atoms with Crippen molar-refractivity contribution < 1.29 is 35.7 Å². The van der Waals surface area contributed by atoms with Crippen LogP contribution in [0.5, 0.6) is 11.5 Å². The molecule has 0 heterocycles. The summed E-state index contributed by atoms with van der Waals surface area (Å²) in [5, 5.41) is -1.01. The molecule has 0 unspecified atom stereocenters. The summed E-state index contributed by atoms with van der Waals surface area (Å²) in [6.45, 7) is 0. The lowest BCUT2D eigenvalue weighted by molar-refractivity contribution is -0.138. The van der Waals surface area contributed by atoms with Crippen molar-refractivity contribution in [3.05, 3.63) is 57.6 Å². The van der Waals surface area contributed by atoms with Gasteiger partial charge in [-0.05, 0) is 36.4 Å². The van der Waals surface area contributed by atoms with Crippen molar-refractivity contribution in [2.45, 2.75) is 12.4 Å². The molecule has 0 atom stereocenters. The smallest absolute Gasteiger partial charge is 0.529 e. The van der Waals surface area contributed by atoms with Crippen LogP contribution in [0.1, 0.15) is 11.1 Å². The van der Waals surface area contributed by atoms with E-state index >= 15 is 0 Å². The van der Waals surface area contributed by atoms with E-state index in [0.29, 0.717) is 12.1 Å². The Morgan fingerprint density at radius 3 is 1.36 bits per heavy atom. The Morgan fingerprint density at radius 1 is 0.680 bits per heavy atom. The molecule has 134 valence electrons. The highest BCUT2D eigenvalue weighted by Gasteiger charge is 2.34. The molecule has 0 saturated carbocycles. The molecular formula is C14H7BCl2F6O2. The lowest BCUT2D eigenvalue weighted by atomic mass is 10.2. The van der Waals surface area contributed by atoms with E-state index in [1.54, 1.807) is 0 Å². The van der Waals surface area contributed by atoms with Crippen molar-refractivity contribution in [2.75, 3.05) is 0 Å². The van der Waals surface area contributed by atoms with Gasteiger partial charge in [0.05, 0.1) is 21.2 Å². The number of halogens is 8. The zero-order valence-corrected chi connectivity index (χ0v) is 13.5. The van der Waals surface area contributed by atoms with E-state index < -0.39 is 41.2 Å². The van der Waals surface area contributed by atoms with Gasteiger partial charge in [-0.15, -0.1) is 0 Å². The Kier molecular flexibility index (Phi) is 5.68. The first-order valence-electron chi connectivity index (χ1n) is 6.47. The molecule has 0 aliphatic heterocycles. The lowest BCUT2D eigenvalue weighted by Crippen LogP contribution is -2.13. The summed E-state index contributed by atoms with van der Waals surface area (Å²) in [4.78, 5) is 0. The summed E-state index contributed by atoms with van der Waals surface area (Å²) >= 11 is 10.9. The molecule has 0 radical (unpaired) electrons. The monoisotopic (exact) mass is 402 g/mol. The molecule has 0 aliphatic carbocycles. The molecule has 0 aromatic heterocycles. The summed E-state index contributed by atoms with van der Waals surface area (Å²) < 4.78 is 86.2. The van der Waals surface area contributed by atoms with Crippen LogP contribution in [0.25, 0.3) is 0 Å². The van der Waals surface area contributed by atoms with Gasteiger partial charge in [-0.2, -0.15) is 26.3 Å². The van der Waals surface area contributed by atoms with E-state index in [0.717, 1.165) is 12.1 Å². The zero-order chi connectivity index (χ0) is 18.8. The average molecular weight is 403 g/mol. The Labute approximate surface area is 148 Å². The predicted molar refractivity (Wildman–Crippen MR) is 81.3 cm³/mol. The minimum atomic E-state index is -4.67. The fourth-order valence-corrected chi connectivity index (χ4v) is 2.24. The van der Waals surface area contributed by atoms with Gasteiger partial charge in [-0.3, -0.25) is 0 Å². The van der Waals surface area contributed by atoms with Gasteiger partial charge in [0.1, 0.15) is 11.5 Å². The number of rotatable bonds is 4. The molecule has 2 rings (SSSR count). The molecular weight excluding hydrogens is 396 g/mol. The molecule has 2 nitrogen and oxygen atoms in total. The number of hydrogen-bond acceptors (Lipinski definition) is 2. The van der Waals surface area contributed by atoms with Gasteiger partial charge in [0.2, 0.25) is 0 Å². The number of alkyl halides is 6. The third kappa shape index (κ3) is 5.12. The van der Waals surface area contributed by atoms with Gasteiger partial charge in [0.25, 0.3) is 0 Å². The summed E-state index contributed by atoms with van der Waals surface area (Å²) in [7, 11) is -0.613. The lowest BCUT2D eigenvalue weighted by Gasteiger charge is -2.13. The summed E-state index contributed by atoms with van der Waals surface area (Å²) in [5.74, 6) is -0.413. The van der Waals surface area contributed by atoms with Crippen molar-refractivity contribution in [1.82, 2.24) is 0 Å². The van der Waals surface area contributed by atoms with E-state index in [4.69, 9.17) is 32.5 Å². The highest BCUT2D eigenvalue weighted by atomic mass is 35.5. The van der Waals surface area contributed by atoms with Gasteiger partial charge in [0, 0.05) is 0 Å². The van der Waals surface area contributed by atoms with Gasteiger partial charge in [0.15, 0.2) is 0 Å². The number of benzene rings is 2. The third-order valence-electron chi connectivity index (χ3n) is 2.94. The molecule has 0 saturated heterocycles. The molecule has 11 heteroatoms. The van der Waals surface area contributed by atoms with Crippen LogP contribution in [-0.2, 0) is 12.4 Å². The molecule has 0 fully saturated rings. The highest BCUT2D eigenvalue weighted by Crippen LogP contribution is 2.38. The Hall–Kier alpha value is -1.74. The molecule has 2 aromatic carbocycles. The van der Waals surface area contributed by atoms with Crippen molar-refractivity contribution in [3.63, 3.8) is 0 Å². The standard InChI is InChI=1S/C14H7BCl2F6O2/c16-11-3-1-7(5-9(11)13(18,19)20)24-15-25-8-2-4-12(17)10(6-8)14(21,22)23/h1-6,15H. The second kappa shape index (κ2) is 7.25. The maximum absolute atomic E-state index is 12.7. The first-order chi connectivity index (χ1) is 11.5. The average Bonchev–Trinajstić information content (AvgIpc) is 2.48. The van der Waals surface area contributed by atoms with E-state index in [1.165, 1.54) is 12.1 Å². The van der Waals surface area contributed by atoms with E-state index in [1.807, 2.05) is 0 Å². The van der Waals surface area contributed by atoms with E-state index in [9.17, 15) is 26.3 Å². The van der Waals surface area contributed by atoms with Crippen LogP contribution < -0.4 is 9.31 Å². The Morgan fingerprint density at radius 2 is 1.04 bits per heavy atom. The largest absolute Gasteiger partial charge is 0.576 e. The molecule has 0 bridgehead atoms. The maximum Gasteiger partial charge on any atom is 0.576 e. The van der Waals surface area contributed by atoms with Gasteiger partial charge >= 0.3 is 20.0 Å². The minimum Gasteiger partial charge on any atom is -0.529 e. The quantitative estimate of drug-likeness (QED) is 0.478. The van der Waals surface area contributed by atoms with Crippen molar-refractivity contribution in [3.8, 4) is 11.5 Å². The second-order valence-corrected chi connectivity index (χ2v) is 5.50. The third-order valence-corrected chi connectivity index (χ3v) is 3.60. The molecule has 0 spiro atoms. The van der Waals surface area contributed by atoms with Crippen LogP contribution in [-0.4, -0.2) is 7.69 Å². The van der Waals surface area contributed by atoms with Crippen molar-refractivity contribution >= 4 is 30.9 Å². The number of hydrogen-bond donors (Lipinski definition) is 0. The van der Waals surface area contributed by atoms with E-state index in [-0.39, 0.29) is 11.5 Å². The van der Waals surface area contributed by atoms with Crippen LogP contribution in [0.15, 0.2) is 36.4 Å². The van der Waals surface area contributed by atoms with Crippen LogP contribution in [0.4, 0.5) is 26.3 Å². The van der Waals surface area contributed by atoms with Gasteiger partial charge < -0.3 is 9.31 Å². The fourth-order valence-electron chi connectivity index (χ4n) is 1.79. The second-order valence-electron chi connectivity index (χ2n) is 4.69. The molecule has 25 heavy (non-hydrogen) atoms. The van der Waals surface area contributed by atoms with Crippen LogP contribution in [0.3, 0.4) is 0 Å². The highest BCUT2D eigenvalue weighted by molar-refractivity contribution is 6.31. The zero-order valence-electron chi connectivity index (χ0n) is 12.0. The van der Waals surface area contributed by atoms with E-state index in [2.05, 4.69) is 0 Å². The Balaban J connectivity index is 2.07. The molecule has 2 aromatic rings. The molecule has 0 aliphatic rings. The molecule has 0 amide bonds. The summed E-state index contributed by atoms with van der Waals surface area (Å²) in [6.07, 6.45) is -9.34. The van der Waals surface area contributed by atoms with Gasteiger partial charge in [-0.1, -0.05) is 23.2 Å². The fraction of sp³-hybridized carbons (Fsp3) is 0.143. The normalized spacial score (nSPS) is 12.0.